The van der Waals surface area contributed by atoms with Crippen molar-refractivity contribution in [2.24, 2.45) is 5.92 Å². The molecule has 0 bridgehead atoms. The van der Waals surface area contributed by atoms with Gasteiger partial charge in [-0.2, -0.15) is 0 Å². The molecule has 0 spiro atoms. The second kappa shape index (κ2) is 10.4. The largest absolute Gasteiger partial charge is 0.434 e. The first-order valence-corrected chi connectivity index (χ1v) is 11.4. The van der Waals surface area contributed by atoms with Crippen LogP contribution >= 0.6 is 0 Å². The molecule has 3 aromatic rings. The van der Waals surface area contributed by atoms with Crippen LogP contribution < -0.4 is 5.32 Å². The van der Waals surface area contributed by atoms with Crippen LogP contribution in [0.2, 0.25) is 0 Å². The molecule has 1 aliphatic rings. The fourth-order valence-corrected chi connectivity index (χ4v) is 4.43. The number of nitrogens with one attached hydrogen (secondary N) is 1. The van der Waals surface area contributed by atoms with Gasteiger partial charge in [0.05, 0.1) is 6.04 Å². The zero-order valence-electron chi connectivity index (χ0n) is 17.9. The first-order valence-electron chi connectivity index (χ1n) is 11.4. The predicted molar refractivity (Wildman–Crippen MR) is 121 cm³/mol. The minimum absolute atomic E-state index is 0.0619. The molecular formula is C26H30N2O3. The van der Waals surface area contributed by atoms with E-state index in [0.29, 0.717) is 36.3 Å². The van der Waals surface area contributed by atoms with Crippen molar-refractivity contribution in [1.82, 2.24) is 10.3 Å². The highest BCUT2D eigenvalue weighted by Crippen LogP contribution is 2.27. The Bertz CT molecular complexity index is 973. The Morgan fingerprint density at radius 3 is 2.52 bits per heavy atom. The van der Waals surface area contributed by atoms with Gasteiger partial charge in [0.25, 0.3) is 5.89 Å². The van der Waals surface area contributed by atoms with E-state index < -0.39 is 6.04 Å². The number of rotatable bonds is 9. The van der Waals surface area contributed by atoms with Crippen molar-refractivity contribution in [3.63, 3.8) is 0 Å². The van der Waals surface area contributed by atoms with Gasteiger partial charge in [0, 0.05) is 6.42 Å². The van der Waals surface area contributed by atoms with Crippen molar-refractivity contribution in [3.8, 4) is 0 Å². The number of fused-ring (bicyclic) bond motifs is 1. The second-order valence-electron chi connectivity index (χ2n) is 8.54. The van der Waals surface area contributed by atoms with Crippen molar-refractivity contribution in [3.05, 3.63) is 66.1 Å². The highest BCUT2D eigenvalue weighted by atomic mass is 16.4. The van der Waals surface area contributed by atoms with Crippen LogP contribution in [0.15, 0.2) is 59.0 Å². The fraction of sp³-hybridized carbons (Fsp3) is 0.423. The Labute approximate surface area is 183 Å². The summed E-state index contributed by atoms with van der Waals surface area (Å²) in [6.07, 6.45) is 8.84. The van der Waals surface area contributed by atoms with Crippen LogP contribution in [0.3, 0.4) is 0 Å². The summed E-state index contributed by atoms with van der Waals surface area (Å²) in [4.78, 5) is 30.3. The summed E-state index contributed by atoms with van der Waals surface area (Å²) in [5, 5.41) is 2.98. The van der Waals surface area contributed by atoms with E-state index in [-0.39, 0.29) is 17.6 Å². The van der Waals surface area contributed by atoms with Crippen molar-refractivity contribution >= 4 is 22.8 Å². The number of ketones is 1. The summed E-state index contributed by atoms with van der Waals surface area (Å²) in [7, 11) is 0. The Balaban J connectivity index is 1.43. The van der Waals surface area contributed by atoms with E-state index in [1.165, 1.54) is 32.1 Å². The third kappa shape index (κ3) is 5.81. The van der Waals surface area contributed by atoms with Crippen molar-refractivity contribution in [2.75, 3.05) is 0 Å². The Morgan fingerprint density at radius 1 is 1.00 bits per heavy atom. The number of amides is 1. The average Bonchev–Trinajstić information content (AvgIpc) is 3.26. The molecule has 162 valence electrons. The molecule has 1 aliphatic carbocycles. The van der Waals surface area contributed by atoms with Gasteiger partial charge in [0.15, 0.2) is 5.58 Å². The van der Waals surface area contributed by atoms with Crippen LogP contribution in [-0.4, -0.2) is 22.7 Å². The van der Waals surface area contributed by atoms with Crippen LogP contribution in [0.4, 0.5) is 0 Å². The number of carbonyl (C=O) groups is 2. The predicted octanol–water partition coefficient (Wildman–Crippen LogP) is 5.49. The highest BCUT2D eigenvalue weighted by Gasteiger charge is 2.27. The Kier molecular flexibility index (Phi) is 7.13. The van der Waals surface area contributed by atoms with Gasteiger partial charge in [-0.05, 0) is 42.9 Å². The van der Waals surface area contributed by atoms with Gasteiger partial charge in [-0.25, -0.2) is 4.98 Å². The van der Waals surface area contributed by atoms with Gasteiger partial charge in [-0.1, -0.05) is 74.6 Å². The third-order valence-corrected chi connectivity index (χ3v) is 6.23. The van der Waals surface area contributed by atoms with E-state index in [4.69, 9.17) is 4.42 Å². The maximum absolute atomic E-state index is 13.2. The number of hydrogen-bond donors (Lipinski definition) is 1. The maximum Gasteiger partial charge on any atom is 0.266 e. The normalized spacial score (nSPS) is 15.6. The van der Waals surface area contributed by atoms with Gasteiger partial charge in [-0.3, -0.25) is 9.59 Å². The number of benzene rings is 2. The minimum atomic E-state index is -0.646. The number of aryl methyl sites for hydroxylation is 1. The van der Waals surface area contributed by atoms with Gasteiger partial charge >= 0.3 is 0 Å². The average molecular weight is 419 g/mol. The molecule has 0 aliphatic heterocycles. The van der Waals surface area contributed by atoms with Crippen LogP contribution in [0.5, 0.6) is 0 Å². The lowest BCUT2D eigenvalue weighted by Crippen LogP contribution is -2.41. The quantitative estimate of drug-likeness (QED) is 0.467. The number of Topliss-reactive ketones (excluding diaryl/α,β-unsaturated/α-hetero) is 1. The number of nitrogens with zero attached hydrogens (tertiary/aromatic N) is 1. The van der Waals surface area contributed by atoms with Crippen LogP contribution in [0.1, 0.15) is 67.6 Å². The van der Waals surface area contributed by atoms with Gasteiger partial charge in [0.2, 0.25) is 11.7 Å². The molecule has 1 unspecified atom stereocenters. The summed E-state index contributed by atoms with van der Waals surface area (Å²) in [5.74, 6) is 0.369. The SMILES string of the molecule is O=C(CCC1CCCCC1)NC(CCc1ccccc1)C(=O)c1nc2ccccc2o1. The number of carbonyl (C=O) groups excluding carboxylic acids is 2. The monoisotopic (exact) mass is 418 g/mol. The Hall–Kier alpha value is -2.95. The van der Waals surface area contributed by atoms with Crippen molar-refractivity contribution < 1.29 is 14.0 Å². The second-order valence-corrected chi connectivity index (χ2v) is 8.54. The van der Waals surface area contributed by atoms with E-state index in [1.54, 1.807) is 6.07 Å². The molecule has 5 nitrogen and oxygen atoms in total. The number of hydrogen-bond acceptors (Lipinski definition) is 4. The van der Waals surface area contributed by atoms with E-state index in [1.807, 2.05) is 48.5 Å². The molecule has 1 fully saturated rings. The van der Waals surface area contributed by atoms with Crippen LogP contribution in [0, 0.1) is 5.92 Å². The minimum Gasteiger partial charge on any atom is -0.434 e. The molecule has 2 aromatic carbocycles. The molecule has 0 saturated heterocycles. The molecule has 1 aromatic heterocycles. The van der Waals surface area contributed by atoms with Crippen LogP contribution in [-0.2, 0) is 11.2 Å². The number of para-hydroxylation sites is 2. The van der Waals surface area contributed by atoms with E-state index in [2.05, 4.69) is 10.3 Å². The molecular weight excluding hydrogens is 388 g/mol. The molecule has 31 heavy (non-hydrogen) atoms. The number of oxazole rings is 1. The zero-order valence-corrected chi connectivity index (χ0v) is 17.9. The molecule has 4 rings (SSSR count). The molecule has 1 amide bonds. The lowest BCUT2D eigenvalue weighted by Gasteiger charge is -2.22. The summed E-state index contributed by atoms with van der Waals surface area (Å²) in [6.45, 7) is 0. The summed E-state index contributed by atoms with van der Waals surface area (Å²) >= 11 is 0. The first-order chi connectivity index (χ1) is 15.2. The molecule has 5 heteroatoms. The van der Waals surface area contributed by atoms with E-state index >= 15 is 0 Å². The molecule has 1 N–H and O–H groups in total. The fourth-order valence-electron chi connectivity index (χ4n) is 4.43. The summed E-state index contributed by atoms with van der Waals surface area (Å²) in [5.41, 5.74) is 2.36. The molecule has 1 atom stereocenters. The van der Waals surface area contributed by atoms with Gasteiger partial charge < -0.3 is 9.73 Å². The summed E-state index contributed by atoms with van der Waals surface area (Å²) < 4.78 is 5.69. The van der Waals surface area contributed by atoms with Crippen LogP contribution in [0.25, 0.3) is 11.1 Å². The van der Waals surface area contributed by atoms with E-state index in [0.717, 1.165) is 12.0 Å². The van der Waals surface area contributed by atoms with Gasteiger partial charge in [-0.15, -0.1) is 0 Å². The Morgan fingerprint density at radius 2 is 1.74 bits per heavy atom. The van der Waals surface area contributed by atoms with Crippen molar-refractivity contribution in [1.29, 1.82) is 0 Å². The smallest absolute Gasteiger partial charge is 0.266 e. The highest BCUT2D eigenvalue weighted by molar-refractivity contribution is 6.00. The van der Waals surface area contributed by atoms with Gasteiger partial charge in [0.1, 0.15) is 5.52 Å². The molecule has 1 heterocycles. The topological polar surface area (TPSA) is 72.2 Å². The first kappa shape index (κ1) is 21.3. The maximum atomic E-state index is 13.2. The molecule has 1 saturated carbocycles. The van der Waals surface area contributed by atoms with E-state index in [9.17, 15) is 9.59 Å². The molecule has 0 radical (unpaired) electrons. The lowest BCUT2D eigenvalue weighted by atomic mass is 9.86. The lowest BCUT2D eigenvalue weighted by molar-refractivity contribution is -0.122. The summed E-state index contributed by atoms with van der Waals surface area (Å²) in [6, 6.07) is 16.7. The zero-order chi connectivity index (χ0) is 21.5. The standard InChI is InChI=1S/C26H30N2O3/c29-24(18-16-20-11-5-2-6-12-20)27-22(17-15-19-9-3-1-4-10-19)25(30)26-28-21-13-7-8-14-23(21)31-26/h1,3-4,7-10,13-14,20,22H,2,5-6,11-12,15-18H2,(H,27,29). The number of aromatic nitrogens is 1. The third-order valence-electron chi connectivity index (χ3n) is 6.23. The van der Waals surface area contributed by atoms with Crippen molar-refractivity contribution in [2.45, 2.75) is 63.8 Å².